The summed E-state index contributed by atoms with van der Waals surface area (Å²) < 4.78 is 2.43. The third-order valence-electron chi connectivity index (χ3n) is 3.41. The molecule has 2 aromatic heterocycles. The lowest BCUT2D eigenvalue weighted by atomic mass is 10.2. The SMILES string of the molecule is CN(C)C(=O)n1c(=O)n(C)c2cnc(-c3ccccc3)nc21. The molecule has 0 aliphatic rings. The molecule has 7 nitrogen and oxygen atoms in total. The molecule has 0 aliphatic carbocycles. The van der Waals surface area contributed by atoms with E-state index in [0.717, 1.165) is 10.1 Å². The van der Waals surface area contributed by atoms with Gasteiger partial charge in [0.25, 0.3) is 0 Å². The summed E-state index contributed by atoms with van der Waals surface area (Å²) in [5, 5.41) is 0. The van der Waals surface area contributed by atoms with Gasteiger partial charge in [-0.2, -0.15) is 4.57 Å². The molecular formula is C15H15N5O2. The average Bonchev–Trinajstić information content (AvgIpc) is 2.78. The average molecular weight is 297 g/mol. The van der Waals surface area contributed by atoms with Crippen LogP contribution in [0.15, 0.2) is 41.3 Å². The van der Waals surface area contributed by atoms with E-state index in [1.165, 1.54) is 9.47 Å². The maximum Gasteiger partial charge on any atom is 0.338 e. The molecule has 2 heterocycles. The Morgan fingerprint density at radius 1 is 1.18 bits per heavy atom. The number of fused-ring (bicyclic) bond motifs is 1. The number of benzene rings is 1. The molecule has 112 valence electrons. The van der Waals surface area contributed by atoms with Gasteiger partial charge < -0.3 is 4.90 Å². The third kappa shape index (κ3) is 2.07. The van der Waals surface area contributed by atoms with Gasteiger partial charge in [-0.15, -0.1) is 0 Å². The van der Waals surface area contributed by atoms with Crippen molar-refractivity contribution in [2.75, 3.05) is 14.1 Å². The van der Waals surface area contributed by atoms with Gasteiger partial charge in [-0.05, 0) is 0 Å². The molecule has 0 N–H and O–H groups in total. The Balaban J connectivity index is 2.30. The van der Waals surface area contributed by atoms with Crippen molar-refractivity contribution >= 4 is 17.2 Å². The molecule has 0 fully saturated rings. The van der Waals surface area contributed by atoms with Gasteiger partial charge in [-0.25, -0.2) is 19.6 Å². The molecule has 0 aliphatic heterocycles. The fourth-order valence-electron chi connectivity index (χ4n) is 2.21. The van der Waals surface area contributed by atoms with E-state index >= 15 is 0 Å². The molecule has 1 amide bonds. The largest absolute Gasteiger partial charge is 0.338 e. The number of aryl methyl sites for hydroxylation is 1. The van der Waals surface area contributed by atoms with Crippen molar-refractivity contribution in [3.63, 3.8) is 0 Å². The Hall–Kier alpha value is -2.96. The Bertz CT molecular complexity index is 909. The standard InChI is InChI=1S/C15H15N5O2/c1-18(2)14(21)20-13-11(19(3)15(20)22)9-16-12(17-13)10-7-5-4-6-8-10/h4-9H,1-3H3. The van der Waals surface area contributed by atoms with Gasteiger partial charge in [0, 0.05) is 26.7 Å². The summed E-state index contributed by atoms with van der Waals surface area (Å²) >= 11 is 0. The van der Waals surface area contributed by atoms with Gasteiger partial charge in [-0.3, -0.25) is 4.57 Å². The molecule has 22 heavy (non-hydrogen) atoms. The highest BCUT2D eigenvalue weighted by Gasteiger charge is 2.20. The molecule has 0 bridgehead atoms. The zero-order chi connectivity index (χ0) is 15.9. The predicted molar refractivity (Wildman–Crippen MR) is 82.7 cm³/mol. The fraction of sp³-hybridized carbons (Fsp3) is 0.200. The molecule has 0 saturated carbocycles. The lowest BCUT2D eigenvalue weighted by Gasteiger charge is -2.10. The summed E-state index contributed by atoms with van der Waals surface area (Å²) in [4.78, 5) is 34.6. The van der Waals surface area contributed by atoms with E-state index in [1.54, 1.807) is 27.3 Å². The summed E-state index contributed by atoms with van der Waals surface area (Å²) in [5.41, 5.74) is 1.21. The second-order valence-electron chi connectivity index (χ2n) is 5.12. The lowest BCUT2D eigenvalue weighted by Crippen LogP contribution is -2.35. The van der Waals surface area contributed by atoms with Crippen LogP contribution < -0.4 is 5.69 Å². The molecule has 3 aromatic rings. The normalized spacial score (nSPS) is 10.9. The number of hydrogen-bond acceptors (Lipinski definition) is 4. The Morgan fingerprint density at radius 2 is 1.86 bits per heavy atom. The van der Waals surface area contributed by atoms with Gasteiger partial charge in [0.15, 0.2) is 11.5 Å². The highest BCUT2D eigenvalue weighted by molar-refractivity contribution is 5.87. The van der Waals surface area contributed by atoms with E-state index in [-0.39, 0.29) is 0 Å². The van der Waals surface area contributed by atoms with Gasteiger partial charge in [0.2, 0.25) is 0 Å². The predicted octanol–water partition coefficient (Wildman–Crippen LogP) is 1.33. The summed E-state index contributed by atoms with van der Waals surface area (Å²) in [7, 11) is 4.77. The molecule has 0 saturated heterocycles. The number of nitrogens with zero attached hydrogens (tertiary/aromatic N) is 5. The quantitative estimate of drug-likeness (QED) is 0.679. The van der Waals surface area contributed by atoms with Crippen molar-refractivity contribution in [1.29, 1.82) is 0 Å². The van der Waals surface area contributed by atoms with Gasteiger partial charge in [-0.1, -0.05) is 30.3 Å². The molecule has 3 rings (SSSR count). The fourth-order valence-corrected chi connectivity index (χ4v) is 2.21. The van der Waals surface area contributed by atoms with Crippen LogP contribution in [0, 0.1) is 0 Å². The van der Waals surface area contributed by atoms with Crippen LogP contribution in [-0.4, -0.2) is 44.1 Å². The number of amides is 1. The Labute approximate surface area is 126 Å². The number of hydrogen-bond donors (Lipinski definition) is 0. The van der Waals surface area contributed by atoms with Crippen molar-refractivity contribution < 1.29 is 4.79 Å². The van der Waals surface area contributed by atoms with E-state index < -0.39 is 11.7 Å². The third-order valence-corrected chi connectivity index (χ3v) is 3.41. The van der Waals surface area contributed by atoms with E-state index in [0.29, 0.717) is 17.0 Å². The maximum atomic E-state index is 12.3. The van der Waals surface area contributed by atoms with Crippen molar-refractivity contribution in [3.8, 4) is 11.4 Å². The van der Waals surface area contributed by atoms with E-state index in [4.69, 9.17) is 0 Å². The maximum absolute atomic E-state index is 12.3. The highest BCUT2D eigenvalue weighted by Crippen LogP contribution is 2.17. The topological polar surface area (TPSA) is 73.0 Å². The van der Waals surface area contributed by atoms with E-state index in [1.807, 2.05) is 30.3 Å². The van der Waals surface area contributed by atoms with Crippen LogP contribution in [0.4, 0.5) is 4.79 Å². The molecule has 0 radical (unpaired) electrons. The monoisotopic (exact) mass is 297 g/mol. The van der Waals surface area contributed by atoms with E-state index in [9.17, 15) is 9.59 Å². The molecule has 7 heteroatoms. The molecule has 0 spiro atoms. The smallest absolute Gasteiger partial charge is 0.330 e. The van der Waals surface area contributed by atoms with Crippen molar-refractivity contribution in [2.45, 2.75) is 0 Å². The summed E-state index contributed by atoms with van der Waals surface area (Å²) in [6, 6.07) is 8.97. The second kappa shape index (κ2) is 5.10. The summed E-state index contributed by atoms with van der Waals surface area (Å²) in [5.74, 6) is 0.471. The van der Waals surface area contributed by atoms with E-state index in [2.05, 4.69) is 9.97 Å². The number of carbonyl (C=O) groups is 1. The molecule has 1 aromatic carbocycles. The first kappa shape index (κ1) is 14.0. The van der Waals surface area contributed by atoms with Gasteiger partial charge in [0.05, 0.1) is 6.20 Å². The van der Waals surface area contributed by atoms with Crippen LogP contribution in [0.25, 0.3) is 22.6 Å². The van der Waals surface area contributed by atoms with Crippen LogP contribution in [0.2, 0.25) is 0 Å². The van der Waals surface area contributed by atoms with Gasteiger partial charge >= 0.3 is 11.7 Å². The molecule has 0 atom stereocenters. The minimum Gasteiger partial charge on any atom is -0.330 e. The van der Waals surface area contributed by atoms with Crippen LogP contribution in [0.3, 0.4) is 0 Å². The number of carbonyl (C=O) groups excluding carboxylic acids is 1. The Morgan fingerprint density at radius 3 is 2.50 bits per heavy atom. The van der Waals surface area contributed by atoms with Crippen LogP contribution in [0.5, 0.6) is 0 Å². The second-order valence-corrected chi connectivity index (χ2v) is 5.12. The minimum absolute atomic E-state index is 0.306. The summed E-state index contributed by atoms with van der Waals surface area (Å²) in [6.07, 6.45) is 1.56. The lowest BCUT2D eigenvalue weighted by molar-refractivity contribution is 0.219. The number of rotatable bonds is 1. The number of imidazole rings is 1. The zero-order valence-electron chi connectivity index (χ0n) is 12.5. The van der Waals surface area contributed by atoms with Crippen LogP contribution in [-0.2, 0) is 7.05 Å². The first-order valence-electron chi connectivity index (χ1n) is 6.72. The summed E-state index contributed by atoms with van der Waals surface area (Å²) in [6.45, 7) is 0. The van der Waals surface area contributed by atoms with Crippen LogP contribution in [0.1, 0.15) is 0 Å². The van der Waals surface area contributed by atoms with Crippen LogP contribution >= 0.6 is 0 Å². The first-order chi connectivity index (χ1) is 10.5. The highest BCUT2D eigenvalue weighted by atomic mass is 16.2. The van der Waals surface area contributed by atoms with Gasteiger partial charge in [0.1, 0.15) is 5.52 Å². The molecule has 0 unspecified atom stereocenters. The van der Waals surface area contributed by atoms with Crippen molar-refractivity contribution in [2.24, 2.45) is 7.05 Å². The zero-order valence-corrected chi connectivity index (χ0v) is 12.5. The van der Waals surface area contributed by atoms with Crippen molar-refractivity contribution in [3.05, 3.63) is 47.0 Å². The van der Waals surface area contributed by atoms with Crippen molar-refractivity contribution in [1.82, 2.24) is 24.0 Å². The molecular weight excluding hydrogens is 282 g/mol. The first-order valence-corrected chi connectivity index (χ1v) is 6.72. The number of aromatic nitrogens is 4. The minimum atomic E-state index is -0.437. The Kier molecular flexibility index (Phi) is 3.25.